The van der Waals surface area contributed by atoms with Crippen LogP contribution in [0.1, 0.15) is 90.9 Å². The standard InChI is InChI=1S/C30H60O9/c1-3-5-7-9-10-12-14-30(31)39-29-28-38-27-26-37-25-24-36-23-22-35-21-20-34-19-18-33-17-16-32-15-13-11-8-6-4-2/h3-29H2,1-2H3. The third-order valence-corrected chi connectivity index (χ3v) is 5.85. The topological polar surface area (TPSA) is 90.9 Å². The SMILES string of the molecule is CCCCCCCCC(=O)OCCOCCOCCOCCOCCOCCOCCOCCCCCCC. The van der Waals surface area contributed by atoms with E-state index >= 15 is 0 Å². The summed E-state index contributed by atoms with van der Waals surface area (Å²) in [6.45, 7) is 12.4. The van der Waals surface area contributed by atoms with E-state index in [9.17, 15) is 4.79 Å². The molecule has 0 saturated heterocycles. The molecule has 39 heavy (non-hydrogen) atoms. The number of carbonyl (C=O) groups is 1. The molecule has 0 aromatic carbocycles. The first-order valence-corrected chi connectivity index (χ1v) is 15.5. The van der Waals surface area contributed by atoms with Crippen molar-refractivity contribution in [2.75, 3.05) is 99.1 Å². The average molecular weight is 565 g/mol. The first-order valence-electron chi connectivity index (χ1n) is 15.5. The number of unbranched alkanes of at least 4 members (excludes halogenated alkanes) is 9. The van der Waals surface area contributed by atoms with Gasteiger partial charge >= 0.3 is 5.97 Å². The van der Waals surface area contributed by atoms with E-state index in [0.29, 0.717) is 98.9 Å². The Labute approximate surface area is 238 Å². The fourth-order valence-electron chi connectivity index (χ4n) is 3.57. The Bertz CT molecular complexity index is 466. The second kappa shape index (κ2) is 35.2. The van der Waals surface area contributed by atoms with Gasteiger partial charge in [-0.25, -0.2) is 0 Å². The molecule has 0 radical (unpaired) electrons. The van der Waals surface area contributed by atoms with Crippen LogP contribution in [0, 0.1) is 0 Å². The molecular formula is C30H60O9. The normalized spacial score (nSPS) is 11.3. The third-order valence-electron chi connectivity index (χ3n) is 5.85. The number of hydrogen-bond acceptors (Lipinski definition) is 9. The van der Waals surface area contributed by atoms with Crippen LogP contribution in [0.5, 0.6) is 0 Å². The molecule has 0 aliphatic carbocycles. The van der Waals surface area contributed by atoms with Gasteiger partial charge in [0.05, 0.1) is 85.9 Å². The molecule has 0 bridgehead atoms. The Kier molecular flexibility index (Phi) is 34.5. The fourth-order valence-corrected chi connectivity index (χ4v) is 3.57. The molecule has 9 heteroatoms. The van der Waals surface area contributed by atoms with Crippen molar-refractivity contribution < 1.29 is 42.7 Å². The van der Waals surface area contributed by atoms with Crippen LogP contribution in [-0.2, 0) is 42.7 Å². The Morgan fingerprint density at radius 1 is 0.359 bits per heavy atom. The maximum atomic E-state index is 11.6. The zero-order valence-electron chi connectivity index (χ0n) is 25.3. The van der Waals surface area contributed by atoms with Crippen molar-refractivity contribution in [2.45, 2.75) is 90.9 Å². The van der Waals surface area contributed by atoms with E-state index < -0.39 is 0 Å². The molecule has 0 aliphatic rings. The van der Waals surface area contributed by atoms with Crippen molar-refractivity contribution in [3.8, 4) is 0 Å². The number of carbonyl (C=O) groups excluding carboxylic acids is 1. The van der Waals surface area contributed by atoms with Gasteiger partial charge in [-0.2, -0.15) is 0 Å². The van der Waals surface area contributed by atoms with Crippen LogP contribution in [0.4, 0.5) is 0 Å². The van der Waals surface area contributed by atoms with Crippen molar-refractivity contribution >= 4 is 5.97 Å². The summed E-state index contributed by atoms with van der Waals surface area (Å²) in [5.41, 5.74) is 0. The lowest BCUT2D eigenvalue weighted by Gasteiger charge is -2.09. The maximum Gasteiger partial charge on any atom is 0.305 e. The second-order valence-electron chi connectivity index (χ2n) is 9.44. The minimum absolute atomic E-state index is 0.135. The molecule has 0 aromatic heterocycles. The van der Waals surface area contributed by atoms with Crippen molar-refractivity contribution in [3.63, 3.8) is 0 Å². The largest absolute Gasteiger partial charge is 0.463 e. The van der Waals surface area contributed by atoms with Gasteiger partial charge in [0.1, 0.15) is 6.61 Å². The van der Waals surface area contributed by atoms with Gasteiger partial charge in [0, 0.05) is 13.0 Å². The smallest absolute Gasteiger partial charge is 0.305 e. The van der Waals surface area contributed by atoms with E-state index in [1.54, 1.807) is 0 Å². The molecule has 0 rings (SSSR count). The summed E-state index contributed by atoms with van der Waals surface area (Å²) in [6, 6.07) is 0. The molecule has 0 unspecified atom stereocenters. The quantitative estimate of drug-likeness (QED) is 0.0756. The molecule has 9 nitrogen and oxygen atoms in total. The molecule has 0 aromatic rings. The van der Waals surface area contributed by atoms with Gasteiger partial charge < -0.3 is 37.9 Å². The van der Waals surface area contributed by atoms with Gasteiger partial charge in [-0.3, -0.25) is 4.79 Å². The monoisotopic (exact) mass is 564 g/mol. The first kappa shape index (κ1) is 38.2. The molecule has 0 aliphatic heterocycles. The van der Waals surface area contributed by atoms with Crippen molar-refractivity contribution in [1.82, 2.24) is 0 Å². The second-order valence-corrected chi connectivity index (χ2v) is 9.44. The van der Waals surface area contributed by atoms with Crippen LogP contribution >= 0.6 is 0 Å². The predicted octanol–water partition coefficient (Wildman–Crippen LogP) is 5.37. The summed E-state index contributed by atoms with van der Waals surface area (Å²) >= 11 is 0. The van der Waals surface area contributed by atoms with Crippen molar-refractivity contribution in [1.29, 1.82) is 0 Å². The molecule has 0 fully saturated rings. The molecular weight excluding hydrogens is 504 g/mol. The Morgan fingerprint density at radius 2 is 0.667 bits per heavy atom. The predicted molar refractivity (Wildman–Crippen MR) is 153 cm³/mol. The van der Waals surface area contributed by atoms with Crippen LogP contribution in [0.2, 0.25) is 0 Å². The molecule has 0 atom stereocenters. The van der Waals surface area contributed by atoms with E-state index in [1.165, 1.54) is 51.4 Å². The van der Waals surface area contributed by atoms with E-state index in [0.717, 1.165) is 25.9 Å². The highest BCUT2D eigenvalue weighted by Crippen LogP contribution is 2.07. The van der Waals surface area contributed by atoms with Crippen LogP contribution in [0.3, 0.4) is 0 Å². The highest BCUT2D eigenvalue weighted by molar-refractivity contribution is 5.69. The molecule has 0 amide bonds. The summed E-state index contributed by atoms with van der Waals surface area (Å²) < 4.78 is 43.5. The lowest BCUT2D eigenvalue weighted by molar-refractivity contribution is -0.145. The van der Waals surface area contributed by atoms with Crippen LogP contribution in [0.25, 0.3) is 0 Å². The summed E-state index contributed by atoms with van der Waals surface area (Å²) in [5.74, 6) is -0.135. The Hall–Kier alpha value is -0.810. The van der Waals surface area contributed by atoms with Crippen molar-refractivity contribution in [2.24, 2.45) is 0 Å². The Balaban J connectivity index is 3.09. The summed E-state index contributed by atoms with van der Waals surface area (Å²) in [5, 5.41) is 0. The average Bonchev–Trinajstić information content (AvgIpc) is 2.94. The molecule has 234 valence electrons. The fraction of sp³-hybridized carbons (Fsp3) is 0.967. The summed E-state index contributed by atoms with van der Waals surface area (Å²) in [7, 11) is 0. The van der Waals surface area contributed by atoms with Crippen LogP contribution in [-0.4, -0.2) is 105 Å². The summed E-state index contributed by atoms with van der Waals surface area (Å²) in [6.07, 6.45) is 13.8. The van der Waals surface area contributed by atoms with E-state index in [-0.39, 0.29) is 5.97 Å². The van der Waals surface area contributed by atoms with Gasteiger partial charge in [0.25, 0.3) is 0 Å². The van der Waals surface area contributed by atoms with Gasteiger partial charge in [-0.05, 0) is 12.8 Å². The molecule has 0 heterocycles. The van der Waals surface area contributed by atoms with Gasteiger partial charge in [-0.1, -0.05) is 71.6 Å². The van der Waals surface area contributed by atoms with Crippen LogP contribution in [0.15, 0.2) is 0 Å². The van der Waals surface area contributed by atoms with Gasteiger partial charge in [-0.15, -0.1) is 0 Å². The van der Waals surface area contributed by atoms with Crippen molar-refractivity contribution in [3.05, 3.63) is 0 Å². The third kappa shape index (κ3) is 35.2. The highest BCUT2D eigenvalue weighted by Gasteiger charge is 2.02. The number of rotatable bonds is 34. The molecule has 0 saturated carbocycles. The lowest BCUT2D eigenvalue weighted by Crippen LogP contribution is -2.15. The maximum absolute atomic E-state index is 11.6. The minimum Gasteiger partial charge on any atom is -0.463 e. The number of hydrogen-bond donors (Lipinski definition) is 0. The van der Waals surface area contributed by atoms with Crippen LogP contribution < -0.4 is 0 Å². The lowest BCUT2D eigenvalue weighted by atomic mass is 10.1. The summed E-state index contributed by atoms with van der Waals surface area (Å²) in [4.78, 5) is 11.6. The van der Waals surface area contributed by atoms with Gasteiger partial charge in [0.15, 0.2) is 0 Å². The van der Waals surface area contributed by atoms with E-state index in [2.05, 4.69) is 13.8 Å². The number of esters is 1. The zero-order valence-corrected chi connectivity index (χ0v) is 25.3. The van der Waals surface area contributed by atoms with Gasteiger partial charge in [0.2, 0.25) is 0 Å². The molecule has 0 N–H and O–H groups in total. The zero-order chi connectivity index (χ0) is 28.3. The minimum atomic E-state index is -0.135. The Morgan fingerprint density at radius 3 is 1.08 bits per heavy atom. The van der Waals surface area contributed by atoms with E-state index in [1.807, 2.05) is 0 Å². The first-order chi connectivity index (χ1) is 19.3. The highest BCUT2D eigenvalue weighted by atomic mass is 16.6. The number of ether oxygens (including phenoxy) is 8. The van der Waals surface area contributed by atoms with E-state index in [4.69, 9.17) is 37.9 Å². The molecule has 0 spiro atoms.